The fourth-order valence-corrected chi connectivity index (χ4v) is 11.1. The van der Waals surface area contributed by atoms with E-state index in [0.717, 1.165) is 46.6 Å². The van der Waals surface area contributed by atoms with Gasteiger partial charge in [0, 0.05) is 82.8 Å². The Kier molecular flexibility index (Phi) is 7.89. The van der Waals surface area contributed by atoms with Crippen LogP contribution in [0.15, 0.2) is 212 Å². The SMILES string of the molecule is O=C(c1ccc(-n2c3c(c4cc(-n5c6ccccc6c6ccccc65)ccc42)C=CCC3)cc1)c1ccc(-n2c3ccccc3c3cc(-n4c5ccccc5c5ccccc54)ccc32)cc1. The summed E-state index contributed by atoms with van der Waals surface area (Å²) in [6.07, 6.45) is 6.52. The quantitative estimate of drug-likeness (QED) is 0.154. The van der Waals surface area contributed by atoms with E-state index in [1.165, 1.54) is 76.5 Å². The number of carbonyl (C=O) groups excluding carboxylic acids is 1. The van der Waals surface area contributed by atoms with E-state index >= 15 is 0 Å². The number of hydrogen-bond donors (Lipinski definition) is 0. The van der Waals surface area contributed by atoms with E-state index in [0.29, 0.717) is 11.1 Å². The molecule has 14 rings (SSSR count). The van der Waals surface area contributed by atoms with E-state index in [-0.39, 0.29) is 5.78 Å². The highest BCUT2D eigenvalue weighted by atomic mass is 16.1. The molecule has 9 aromatic carbocycles. The zero-order chi connectivity index (χ0) is 43.5. The van der Waals surface area contributed by atoms with E-state index in [1.807, 2.05) is 24.3 Å². The number of para-hydroxylation sites is 5. The van der Waals surface area contributed by atoms with Crippen molar-refractivity contribution in [3.63, 3.8) is 0 Å². The van der Waals surface area contributed by atoms with Crippen molar-refractivity contribution in [1.29, 1.82) is 0 Å². The van der Waals surface area contributed by atoms with Crippen molar-refractivity contribution in [2.75, 3.05) is 0 Å². The molecule has 4 heterocycles. The van der Waals surface area contributed by atoms with Crippen LogP contribution in [0.5, 0.6) is 0 Å². The molecule has 0 N–H and O–H groups in total. The van der Waals surface area contributed by atoms with Gasteiger partial charge in [0.05, 0.1) is 38.6 Å². The fourth-order valence-electron chi connectivity index (χ4n) is 11.1. The van der Waals surface area contributed by atoms with Gasteiger partial charge in [-0.05, 0) is 128 Å². The Labute approximate surface area is 379 Å². The predicted molar refractivity (Wildman–Crippen MR) is 274 cm³/mol. The zero-order valence-electron chi connectivity index (χ0n) is 35.9. The molecular formula is C61H40N4O. The van der Waals surface area contributed by atoms with Crippen LogP contribution in [-0.4, -0.2) is 24.1 Å². The topological polar surface area (TPSA) is 36.8 Å². The van der Waals surface area contributed by atoms with E-state index in [1.54, 1.807) is 0 Å². The van der Waals surface area contributed by atoms with Gasteiger partial charge in [-0.25, -0.2) is 0 Å². The molecule has 1 aliphatic rings. The average Bonchev–Trinajstić information content (AvgIpc) is 4.11. The molecule has 0 atom stereocenters. The second kappa shape index (κ2) is 14.2. The molecule has 310 valence electrons. The summed E-state index contributed by atoms with van der Waals surface area (Å²) in [4.78, 5) is 14.2. The third-order valence-corrected chi connectivity index (χ3v) is 14.0. The lowest BCUT2D eigenvalue weighted by molar-refractivity contribution is 0.103. The molecule has 0 spiro atoms. The van der Waals surface area contributed by atoms with Crippen LogP contribution >= 0.6 is 0 Å². The normalized spacial score (nSPS) is 12.7. The summed E-state index contributed by atoms with van der Waals surface area (Å²) in [6.45, 7) is 0. The van der Waals surface area contributed by atoms with Crippen LogP contribution in [0.25, 0.3) is 105 Å². The van der Waals surface area contributed by atoms with Crippen molar-refractivity contribution in [2.45, 2.75) is 12.8 Å². The summed E-state index contributed by atoms with van der Waals surface area (Å²) in [5.41, 5.74) is 16.4. The van der Waals surface area contributed by atoms with Crippen LogP contribution in [-0.2, 0) is 6.42 Å². The number of nitrogens with zero attached hydrogens (tertiary/aromatic N) is 4. The minimum Gasteiger partial charge on any atom is -0.313 e. The number of carbonyl (C=O) groups is 1. The molecule has 5 heteroatoms. The lowest BCUT2D eigenvalue weighted by atomic mass is 10.0. The first kappa shape index (κ1) is 36.8. The number of allylic oxidation sites excluding steroid dienone is 1. The maximum absolute atomic E-state index is 14.2. The highest BCUT2D eigenvalue weighted by Gasteiger charge is 2.22. The maximum atomic E-state index is 14.2. The molecule has 0 amide bonds. The molecule has 0 saturated heterocycles. The van der Waals surface area contributed by atoms with Crippen molar-refractivity contribution < 1.29 is 4.79 Å². The zero-order valence-corrected chi connectivity index (χ0v) is 35.9. The minimum absolute atomic E-state index is 0.00397. The summed E-state index contributed by atoms with van der Waals surface area (Å²) >= 11 is 0. The summed E-state index contributed by atoms with van der Waals surface area (Å²) in [5.74, 6) is 0.00397. The van der Waals surface area contributed by atoms with Gasteiger partial charge in [0.2, 0.25) is 0 Å². The summed E-state index contributed by atoms with van der Waals surface area (Å²) in [7, 11) is 0. The van der Waals surface area contributed by atoms with Gasteiger partial charge in [0.15, 0.2) is 5.78 Å². The number of aromatic nitrogens is 4. The molecule has 66 heavy (non-hydrogen) atoms. The Morgan fingerprint density at radius 2 is 0.682 bits per heavy atom. The van der Waals surface area contributed by atoms with Crippen molar-refractivity contribution >= 4 is 88.2 Å². The molecule has 5 nitrogen and oxygen atoms in total. The average molecular weight is 845 g/mol. The molecule has 0 aliphatic heterocycles. The Morgan fingerprint density at radius 1 is 0.333 bits per heavy atom. The highest BCUT2D eigenvalue weighted by molar-refractivity contribution is 6.13. The third-order valence-electron chi connectivity index (χ3n) is 14.0. The molecule has 0 saturated carbocycles. The molecule has 0 unspecified atom stereocenters. The van der Waals surface area contributed by atoms with Gasteiger partial charge < -0.3 is 18.3 Å². The van der Waals surface area contributed by atoms with E-state index < -0.39 is 0 Å². The van der Waals surface area contributed by atoms with Crippen molar-refractivity contribution in [3.05, 3.63) is 235 Å². The van der Waals surface area contributed by atoms with Crippen LogP contribution in [0.2, 0.25) is 0 Å². The molecule has 4 aromatic heterocycles. The van der Waals surface area contributed by atoms with Gasteiger partial charge in [0.1, 0.15) is 0 Å². The van der Waals surface area contributed by atoms with E-state index in [9.17, 15) is 4.79 Å². The number of hydrogen-bond acceptors (Lipinski definition) is 1. The van der Waals surface area contributed by atoms with E-state index in [2.05, 4.69) is 212 Å². The van der Waals surface area contributed by atoms with Gasteiger partial charge in [0.25, 0.3) is 0 Å². The van der Waals surface area contributed by atoms with Crippen LogP contribution in [0, 0.1) is 0 Å². The molecule has 1 aliphatic carbocycles. The van der Waals surface area contributed by atoms with Gasteiger partial charge in [-0.1, -0.05) is 103 Å². The van der Waals surface area contributed by atoms with Crippen LogP contribution in [0.3, 0.4) is 0 Å². The van der Waals surface area contributed by atoms with E-state index in [4.69, 9.17) is 0 Å². The molecule has 0 bridgehead atoms. The second-order valence-electron chi connectivity index (χ2n) is 17.6. The molecule has 0 fully saturated rings. The molecular weight excluding hydrogens is 805 g/mol. The predicted octanol–water partition coefficient (Wildman–Crippen LogP) is 15.1. The number of ketones is 1. The van der Waals surface area contributed by atoms with Crippen molar-refractivity contribution in [2.24, 2.45) is 0 Å². The van der Waals surface area contributed by atoms with Crippen molar-refractivity contribution in [1.82, 2.24) is 18.3 Å². The van der Waals surface area contributed by atoms with Gasteiger partial charge >= 0.3 is 0 Å². The van der Waals surface area contributed by atoms with Gasteiger partial charge in [-0.3, -0.25) is 4.79 Å². The Hall–Kier alpha value is -8.67. The first-order valence-corrected chi connectivity index (χ1v) is 22.8. The Morgan fingerprint density at radius 3 is 1.15 bits per heavy atom. The van der Waals surface area contributed by atoms with Crippen LogP contribution in [0.1, 0.15) is 33.6 Å². The largest absolute Gasteiger partial charge is 0.313 e. The van der Waals surface area contributed by atoms with Crippen LogP contribution in [0.4, 0.5) is 0 Å². The van der Waals surface area contributed by atoms with Crippen molar-refractivity contribution in [3.8, 4) is 22.7 Å². The molecule has 0 radical (unpaired) electrons. The summed E-state index contributed by atoms with van der Waals surface area (Å²) < 4.78 is 9.47. The lowest BCUT2D eigenvalue weighted by Crippen LogP contribution is -2.05. The Balaban J connectivity index is 0.800. The summed E-state index contributed by atoms with van der Waals surface area (Å²) in [5, 5.41) is 8.61. The minimum atomic E-state index is 0.00397. The maximum Gasteiger partial charge on any atom is 0.193 e. The number of benzene rings is 9. The van der Waals surface area contributed by atoms with Crippen LogP contribution < -0.4 is 0 Å². The lowest BCUT2D eigenvalue weighted by Gasteiger charge is -2.14. The fraction of sp³-hybridized carbons (Fsp3) is 0.0328. The van der Waals surface area contributed by atoms with Gasteiger partial charge in [-0.15, -0.1) is 0 Å². The smallest absolute Gasteiger partial charge is 0.193 e. The second-order valence-corrected chi connectivity index (χ2v) is 17.6. The molecule has 13 aromatic rings. The Bertz CT molecular complexity index is 4060. The monoisotopic (exact) mass is 844 g/mol. The standard InChI is InChI=1S/C61H40N4O/c66-61(39-25-29-41(30-26-39)62-57-23-11-5-17-49(57)51-37-43(33-35-59(51)62)64-53-19-7-1-13-45(53)46-14-2-8-20-54(46)64)40-27-31-42(32-28-40)63-58-24-12-6-18-50(58)52-38-44(34-36-60(52)63)65-55-21-9-3-15-47(55)48-16-4-10-22-56(48)65/h1-11,13-23,25-38H,12,24H2. The first-order valence-electron chi connectivity index (χ1n) is 22.8. The number of rotatable bonds is 6. The first-order chi connectivity index (χ1) is 32.7. The highest BCUT2D eigenvalue weighted by Crippen LogP contribution is 2.40. The summed E-state index contributed by atoms with van der Waals surface area (Å²) in [6, 6.07) is 73.1. The van der Waals surface area contributed by atoms with Gasteiger partial charge in [-0.2, -0.15) is 0 Å². The third kappa shape index (κ3) is 5.31. The number of fused-ring (bicyclic) bond motifs is 12.